The van der Waals surface area contributed by atoms with Gasteiger partial charge >= 0.3 is 0 Å². The maximum Gasteiger partial charge on any atom is 0.0213 e. The average molecular weight is 163 g/mol. The fourth-order valence-electron chi connectivity index (χ4n) is 2.30. The molecule has 1 heterocycles. The zero-order chi connectivity index (χ0) is 8.55. The van der Waals surface area contributed by atoms with Crippen LogP contribution in [-0.4, -0.2) is 4.98 Å². The van der Waals surface area contributed by atoms with Gasteiger partial charge in [0, 0.05) is 17.8 Å². The molecule has 1 unspecified atom stereocenters. The van der Waals surface area contributed by atoms with Gasteiger partial charge in [-0.3, -0.25) is 0 Å². The highest BCUT2D eigenvalue weighted by atomic mass is 14.7. The Balaban J connectivity index is 2.31. The molecule has 0 bridgehead atoms. The van der Waals surface area contributed by atoms with Crippen molar-refractivity contribution in [2.75, 3.05) is 0 Å². The number of aromatic nitrogens is 1. The third kappa shape index (κ3) is 1.17. The summed E-state index contributed by atoms with van der Waals surface area (Å²) in [6.45, 7) is 4.64. The lowest BCUT2D eigenvalue weighted by atomic mass is 9.81. The fourth-order valence-corrected chi connectivity index (χ4v) is 2.30. The SMILES string of the molecule is CC(C)C1CCCc2cc[nH]c21. The summed E-state index contributed by atoms with van der Waals surface area (Å²) < 4.78 is 0. The summed E-state index contributed by atoms with van der Waals surface area (Å²) >= 11 is 0. The first-order valence-electron chi connectivity index (χ1n) is 4.95. The van der Waals surface area contributed by atoms with E-state index in [0.29, 0.717) is 0 Å². The molecule has 0 amide bonds. The van der Waals surface area contributed by atoms with E-state index in [4.69, 9.17) is 0 Å². The van der Waals surface area contributed by atoms with Gasteiger partial charge in [-0.15, -0.1) is 0 Å². The van der Waals surface area contributed by atoms with Gasteiger partial charge in [0.05, 0.1) is 0 Å². The molecule has 12 heavy (non-hydrogen) atoms. The van der Waals surface area contributed by atoms with Crippen LogP contribution in [-0.2, 0) is 6.42 Å². The standard InChI is InChI=1S/C11H17N/c1-8(2)10-5-3-4-9-6-7-12-11(9)10/h6-8,10,12H,3-5H2,1-2H3. The summed E-state index contributed by atoms with van der Waals surface area (Å²) in [5, 5.41) is 0. The fraction of sp³-hybridized carbons (Fsp3) is 0.636. The number of hydrogen-bond acceptors (Lipinski definition) is 0. The number of hydrogen-bond donors (Lipinski definition) is 1. The van der Waals surface area contributed by atoms with Crippen molar-refractivity contribution in [3.05, 3.63) is 23.5 Å². The molecule has 1 aliphatic rings. The molecule has 1 atom stereocenters. The number of aromatic amines is 1. The van der Waals surface area contributed by atoms with Gasteiger partial charge in [0.1, 0.15) is 0 Å². The highest BCUT2D eigenvalue weighted by Crippen LogP contribution is 2.35. The molecule has 0 aliphatic heterocycles. The topological polar surface area (TPSA) is 15.8 Å². The largest absolute Gasteiger partial charge is 0.365 e. The van der Waals surface area contributed by atoms with E-state index < -0.39 is 0 Å². The van der Waals surface area contributed by atoms with Gasteiger partial charge in [0.25, 0.3) is 0 Å². The first-order valence-corrected chi connectivity index (χ1v) is 4.95. The van der Waals surface area contributed by atoms with Crippen molar-refractivity contribution in [2.24, 2.45) is 5.92 Å². The first-order chi connectivity index (χ1) is 5.79. The highest BCUT2D eigenvalue weighted by Gasteiger charge is 2.23. The molecule has 0 fully saturated rings. The lowest BCUT2D eigenvalue weighted by Crippen LogP contribution is -2.13. The predicted molar refractivity (Wildman–Crippen MR) is 51.3 cm³/mol. The molecule has 0 spiro atoms. The van der Waals surface area contributed by atoms with Crippen LogP contribution in [0.25, 0.3) is 0 Å². The van der Waals surface area contributed by atoms with Crippen molar-refractivity contribution < 1.29 is 0 Å². The Morgan fingerprint density at radius 3 is 3.08 bits per heavy atom. The van der Waals surface area contributed by atoms with Crippen LogP contribution in [0.1, 0.15) is 43.9 Å². The van der Waals surface area contributed by atoms with E-state index in [1.807, 2.05) is 0 Å². The van der Waals surface area contributed by atoms with Crippen molar-refractivity contribution in [1.82, 2.24) is 4.98 Å². The van der Waals surface area contributed by atoms with Gasteiger partial charge < -0.3 is 4.98 Å². The second kappa shape index (κ2) is 2.96. The maximum absolute atomic E-state index is 3.39. The molecule has 0 saturated carbocycles. The Labute approximate surface area is 74.2 Å². The predicted octanol–water partition coefficient (Wildman–Crippen LogP) is 3.09. The second-order valence-corrected chi connectivity index (χ2v) is 4.16. The number of fused-ring (bicyclic) bond motifs is 1. The third-order valence-corrected chi connectivity index (χ3v) is 3.01. The lowest BCUT2D eigenvalue weighted by Gasteiger charge is -2.25. The minimum absolute atomic E-state index is 0.780. The van der Waals surface area contributed by atoms with Crippen LogP contribution in [0.2, 0.25) is 0 Å². The van der Waals surface area contributed by atoms with Gasteiger partial charge in [-0.2, -0.15) is 0 Å². The van der Waals surface area contributed by atoms with Crippen LogP contribution in [0.3, 0.4) is 0 Å². The van der Waals surface area contributed by atoms with E-state index in [-0.39, 0.29) is 0 Å². The number of H-pyrrole nitrogens is 1. The lowest BCUT2D eigenvalue weighted by molar-refractivity contribution is 0.426. The van der Waals surface area contributed by atoms with Gasteiger partial charge in [-0.25, -0.2) is 0 Å². The van der Waals surface area contributed by atoms with E-state index in [1.165, 1.54) is 25.0 Å². The molecule has 1 N–H and O–H groups in total. The average Bonchev–Trinajstić information content (AvgIpc) is 2.49. The molecular formula is C11H17N. The van der Waals surface area contributed by atoms with Crippen molar-refractivity contribution in [1.29, 1.82) is 0 Å². The second-order valence-electron chi connectivity index (χ2n) is 4.16. The molecule has 2 rings (SSSR count). The van der Waals surface area contributed by atoms with E-state index in [2.05, 4.69) is 31.1 Å². The van der Waals surface area contributed by atoms with Crippen LogP contribution in [0.15, 0.2) is 12.3 Å². The summed E-state index contributed by atoms with van der Waals surface area (Å²) in [6, 6.07) is 2.24. The Bertz CT molecular complexity index is 260. The summed E-state index contributed by atoms with van der Waals surface area (Å²) in [5.41, 5.74) is 3.07. The monoisotopic (exact) mass is 163 g/mol. The highest BCUT2D eigenvalue weighted by molar-refractivity contribution is 5.27. The van der Waals surface area contributed by atoms with Crippen LogP contribution >= 0.6 is 0 Å². The molecule has 1 aliphatic carbocycles. The van der Waals surface area contributed by atoms with E-state index in [9.17, 15) is 0 Å². The van der Waals surface area contributed by atoms with E-state index >= 15 is 0 Å². The smallest absolute Gasteiger partial charge is 0.0213 e. The van der Waals surface area contributed by atoms with Crippen LogP contribution in [0, 0.1) is 5.92 Å². The number of aryl methyl sites for hydroxylation is 1. The molecule has 0 radical (unpaired) electrons. The van der Waals surface area contributed by atoms with Gasteiger partial charge in [-0.05, 0) is 36.8 Å². The molecule has 1 aromatic heterocycles. The van der Waals surface area contributed by atoms with Crippen molar-refractivity contribution in [3.63, 3.8) is 0 Å². The quantitative estimate of drug-likeness (QED) is 0.654. The normalized spacial score (nSPS) is 22.8. The Morgan fingerprint density at radius 2 is 2.33 bits per heavy atom. The summed E-state index contributed by atoms with van der Waals surface area (Å²) in [5.74, 6) is 1.56. The Hall–Kier alpha value is -0.720. The molecule has 1 nitrogen and oxygen atoms in total. The minimum atomic E-state index is 0.780. The van der Waals surface area contributed by atoms with Crippen molar-refractivity contribution >= 4 is 0 Å². The van der Waals surface area contributed by atoms with Crippen molar-refractivity contribution in [2.45, 2.75) is 39.0 Å². The molecule has 1 aromatic rings. The molecule has 1 heteroatoms. The molecule has 0 saturated heterocycles. The zero-order valence-corrected chi connectivity index (χ0v) is 7.93. The molecule has 0 aromatic carbocycles. The summed E-state index contributed by atoms with van der Waals surface area (Å²) in [6.07, 6.45) is 6.10. The van der Waals surface area contributed by atoms with Crippen LogP contribution < -0.4 is 0 Å². The van der Waals surface area contributed by atoms with Crippen molar-refractivity contribution in [3.8, 4) is 0 Å². The summed E-state index contributed by atoms with van der Waals surface area (Å²) in [4.78, 5) is 3.39. The van der Waals surface area contributed by atoms with Gasteiger partial charge in [0.2, 0.25) is 0 Å². The maximum atomic E-state index is 3.39. The van der Waals surface area contributed by atoms with Gasteiger partial charge in [0.15, 0.2) is 0 Å². The number of rotatable bonds is 1. The first kappa shape index (κ1) is 7.90. The van der Waals surface area contributed by atoms with Crippen LogP contribution in [0.4, 0.5) is 0 Å². The van der Waals surface area contributed by atoms with Crippen LogP contribution in [0.5, 0.6) is 0 Å². The number of nitrogens with one attached hydrogen (secondary N) is 1. The zero-order valence-electron chi connectivity index (χ0n) is 7.93. The van der Waals surface area contributed by atoms with E-state index in [0.717, 1.165) is 11.8 Å². The minimum Gasteiger partial charge on any atom is -0.365 e. The molecular weight excluding hydrogens is 146 g/mol. The Morgan fingerprint density at radius 1 is 1.50 bits per heavy atom. The summed E-state index contributed by atoms with van der Waals surface area (Å²) in [7, 11) is 0. The van der Waals surface area contributed by atoms with E-state index in [1.54, 1.807) is 5.56 Å². The third-order valence-electron chi connectivity index (χ3n) is 3.01. The molecule has 66 valence electrons. The Kier molecular flexibility index (Phi) is 1.95. The van der Waals surface area contributed by atoms with Gasteiger partial charge in [-0.1, -0.05) is 13.8 Å².